The lowest BCUT2D eigenvalue weighted by Crippen LogP contribution is -2.53. The molecule has 2 aliphatic heterocycles. The minimum atomic E-state index is -0.192. The standard InChI is InChI=1S/C35H29FN2/c1-23-19-21-37-24(2)34-31(29-12-6-7-13-30(29)32-14-8-9-20-38(32)34)17-15-26-22-27(36)16-18-28(26)35(37)33(23)25-10-4-3-5-11-25/h3-14,16,18-22,31,34H,2,15,17H2,1H3/q+2. The van der Waals surface area contributed by atoms with E-state index in [9.17, 15) is 4.39 Å². The van der Waals surface area contributed by atoms with Crippen LogP contribution >= 0.6 is 0 Å². The minimum absolute atomic E-state index is 0.0235. The molecule has 2 nitrogen and oxygen atoms in total. The molecule has 3 aromatic carbocycles. The van der Waals surface area contributed by atoms with Crippen molar-refractivity contribution in [2.45, 2.75) is 31.7 Å². The Morgan fingerprint density at radius 3 is 2.47 bits per heavy atom. The van der Waals surface area contributed by atoms with Crippen molar-refractivity contribution in [1.82, 2.24) is 0 Å². The predicted octanol–water partition coefficient (Wildman–Crippen LogP) is 7.47. The topological polar surface area (TPSA) is 7.76 Å². The first-order valence-electron chi connectivity index (χ1n) is 13.3. The summed E-state index contributed by atoms with van der Waals surface area (Å²) in [5.74, 6) is 0.0113. The Labute approximate surface area is 223 Å². The van der Waals surface area contributed by atoms with Crippen LogP contribution in [0.3, 0.4) is 0 Å². The van der Waals surface area contributed by atoms with Crippen LogP contribution in [0.5, 0.6) is 0 Å². The van der Waals surface area contributed by atoms with E-state index in [2.05, 4.69) is 101 Å². The van der Waals surface area contributed by atoms with Gasteiger partial charge in [-0.1, -0.05) is 48.5 Å². The van der Waals surface area contributed by atoms with E-state index in [1.54, 1.807) is 12.1 Å². The highest BCUT2D eigenvalue weighted by molar-refractivity contribution is 5.83. The SMILES string of the molecule is C=C1C2C(CCc3cc(F)ccc3-c3c(-c4ccccc4)c(C)cc[n+]31)c1ccccc1-c1cccc[n+]12. The number of fused-ring (bicyclic) bond motifs is 9. The van der Waals surface area contributed by atoms with Gasteiger partial charge in [0.1, 0.15) is 5.82 Å². The van der Waals surface area contributed by atoms with Crippen LogP contribution in [0.2, 0.25) is 0 Å². The van der Waals surface area contributed by atoms with Crippen LogP contribution in [0.1, 0.15) is 35.1 Å². The van der Waals surface area contributed by atoms with Crippen molar-refractivity contribution >= 4 is 5.70 Å². The highest BCUT2D eigenvalue weighted by Gasteiger charge is 2.47. The first-order valence-corrected chi connectivity index (χ1v) is 13.3. The molecule has 0 amide bonds. The van der Waals surface area contributed by atoms with Crippen molar-refractivity contribution in [2.24, 2.45) is 0 Å². The largest absolute Gasteiger partial charge is 0.249 e. The van der Waals surface area contributed by atoms with Crippen LogP contribution in [0.4, 0.5) is 4.39 Å². The van der Waals surface area contributed by atoms with Crippen LogP contribution in [0.15, 0.2) is 116 Å². The summed E-state index contributed by atoms with van der Waals surface area (Å²) in [6, 6.07) is 33.2. The van der Waals surface area contributed by atoms with E-state index in [-0.39, 0.29) is 17.8 Å². The summed E-state index contributed by atoms with van der Waals surface area (Å²) < 4.78 is 19.4. The fraction of sp³-hybridized carbons (Fsp3) is 0.143. The summed E-state index contributed by atoms with van der Waals surface area (Å²) in [5, 5.41) is 0. The molecule has 0 aliphatic carbocycles. The lowest BCUT2D eigenvalue weighted by atomic mass is 9.78. The Kier molecular flexibility index (Phi) is 5.33. The van der Waals surface area contributed by atoms with E-state index in [0.717, 1.165) is 46.5 Å². The number of pyridine rings is 2. The number of aryl methyl sites for hydroxylation is 2. The molecule has 5 aromatic rings. The third kappa shape index (κ3) is 3.46. The van der Waals surface area contributed by atoms with Gasteiger partial charge < -0.3 is 0 Å². The van der Waals surface area contributed by atoms with Crippen LogP contribution in [-0.4, -0.2) is 0 Å². The van der Waals surface area contributed by atoms with E-state index >= 15 is 0 Å². The lowest BCUT2D eigenvalue weighted by molar-refractivity contribution is -0.727. The second-order valence-electron chi connectivity index (χ2n) is 10.4. The fourth-order valence-electron chi connectivity index (χ4n) is 6.63. The van der Waals surface area contributed by atoms with Crippen LogP contribution < -0.4 is 9.13 Å². The van der Waals surface area contributed by atoms with E-state index in [0.29, 0.717) is 0 Å². The number of aromatic nitrogens is 2. The maximum absolute atomic E-state index is 14.7. The summed E-state index contributed by atoms with van der Waals surface area (Å²) in [6.07, 6.45) is 6.01. The van der Waals surface area contributed by atoms with E-state index < -0.39 is 0 Å². The molecule has 0 bridgehead atoms. The van der Waals surface area contributed by atoms with Gasteiger partial charge in [0.2, 0.25) is 23.1 Å². The Balaban J connectivity index is 1.56. The first-order chi connectivity index (χ1) is 18.6. The molecule has 7 rings (SSSR count). The molecule has 2 unspecified atom stereocenters. The van der Waals surface area contributed by atoms with Gasteiger partial charge in [0.05, 0.1) is 17.0 Å². The normalized spacial score (nSPS) is 17.6. The highest BCUT2D eigenvalue weighted by Crippen LogP contribution is 2.45. The zero-order chi connectivity index (χ0) is 25.8. The van der Waals surface area contributed by atoms with Crippen LogP contribution in [0, 0.1) is 12.7 Å². The molecule has 38 heavy (non-hydrogen) atoms. The number of rotatable bonds is 1. The van der Waals surface area contributed by atoms with Crippen LogP contribution in [-0.2, 0) is 6.42 Å². The zero-order valence-electron chi connectivity index (χ0n) is 21.4. The number of hydrogen-bond acceptors (Lipinski definition) is 0. The predicted molar refractivity (Wildman–Crippen MR) is 150 cm³/mol. The second-order valence-corrected chi connectivity index (χ2v) is 10.4. The Morgan fingerprint density at radius 1 is 0.816 bits per heavy atom. The summed E-state index contributed by atoms with van der Waals surface area (Å²) in [6.45, 7) is 6.94. The van der Waals surface area contributed by atoms with Crippen molar-refractivity contribution < 1.29 is 13.5 Å². The number of halogens is 1. The monoisotopic (exact) mass is 496 g/mol. The lowest BCUT2D eigenvalue weighted by Gasteiger charge is -2.29. The van der Waals surface area contributed by atoms with E-state index in [1.165, 1.54) is 22.4 Å². The molecular weight excluding hydrogens is 467 g/mol. The molecule has 184 valence electrons. The summed E-state index contributed by atoms with van der Waals surface area (Å²) in [5.41, 5.74) is 11.5. The molecule has 0 N–H and O–H groups in total. The smallest absolute Gasteiger partial charge is 0.207 e. The van der Waals surface area contributed by atoms with Crippen molar-refractivity contribution in [3.05, 3.63) is 139 Å². The van der Waals surface area contributed by atoms with Crippen molar-refractivity contribution in [2.75, 3.05) is 0 Å². The number of nitrogens with zero attached hydrogens (tertiary/aromatic N) is 2. The van der Waals surface area contributed by atoms with Gasteiger partial charge in [-0.05, 0) is 78.9 Å². The third-order valence-electron chi connectivity index (χ3n) is 8.31. The van der Waals surface area contributed by atoms with E-state index in [1.807, 2.05) is 12.1 Å². The molecule has 2 aliphatic rings. The van der Waals surface area contributed by atoms with Crippen molar-refractivity contribution in [3.63, 3.8) is 0 Å². The van der Waals surface area contributed by atoms with Crippen LogP contribution in [0.25, 0.3) is 39.3 Å². The van der Waals surface area contributed by atoms with Gasteiger partial charge in [0.15, 0.2) is 12.4 Å². The first kappa shape index (κ1) is 22.8. The molecule has 0 spiro atoms. The van der Waals surface area contributed by atoms with Crippen molar-refractivity contribution in [3.8, 4) is 33.6 Å². The van der Waals surface area contributed by atoms with Crippen molar-refractivity contribution in [1.29, 1.82) is 0 Å². The average molecular weight is 497 g/mol. The Bertz CT molecular complexity index is 1720. The Morgan fingerprint density at radius 2 is 1.61 bits per heavy atom. The second kappa shape index (κ2) is 8.88. The van der Waals surface area contributed by atoms with Gasteiger partial charge in [-0.2, -0.15) is 9.13 Å². The maximum Gasteiger partial charge on any atom is 0.249 e. The molecule has 0 saturated carbocycles. The van der Waals surface area contributed by atoms with Gasteiger partial charge >= 0.3 is 0 Å². The zero-order valence-corrected chi connectivity index (χ0v) is 21.4. The van der Waals surface area contributed by atoms with Gasteiger partial charge in [0, 0.05) is 23.8 Å². The molecule has 4 heterocycles. The maximum atomic E-state index is 14.7. The molecule has 2 aromatic heterocycles. The average Bonchev–Trinajstić information content (AvgIpc) is 3.00. The third-order valence-corrected chi connectivity index (χ3v) is 8.31. The molecule has 0 radical (unpaired) electrons. The summed E-state index contributed by atoms with van der Waals surface area (Å²) >= 11 is 0. The van der Waals surface area contributed by atoms with Gasteiger partial charge in [-0.25, -0.2) is 4.39 Å². The molecule has 3 heteroatoms. The number of allylic oxidation sites excluding steroid dienone is 1. The summed E-state index contributed by atoms with van der Waals surface area (Å²) in [7, 11) is 0. The summed E-state index contributed by atoms with van der Waals surface area (Å²) in [4.78, 5) is 0. The number of benzene rings is 3. The van der Waals surface area contributed by atoms with E-state index in [4.69, 9.17) is 6.58 Å². The molecule has 2 atom stereocenters. The Hall–Kier alpha value is -4.37. The molecule has 0 fully saturated rings. The molecular formula is C35H29FN2+2. The quantitative estimate of drug-likeness (QED) is 0.213. The fourth-order valence-corrected chi connectivity index (χ4v) is 6.63. The minimum Gasteiger partial charge on any atom is -0.207 e. The van der Waals surface area contributed by atoms with Gasteiger partial charge in [-0.3, -0.25) is 0 Å². The number of hydrogen-bond donors (Lipinski definition) is 0. The van der Waals surface area contributed by atoms with Gasteiger partial charge in [0.25, 0.3) is 0 Å². The molecule has 0 saturated heterocycles. The van der Waals surface area contributed by atoms with Gasteiger partial charge in [-0.15, -0.1) is 0 Å². The highest BCUT2D eigenvalue weighted by atomic mass is 19.1.